The number of rotatable bonds is 5. The van der Waals surface area contributed by atoms with Crippen LogP contribution in [0.2, 0.25) is 0 Å². The first kappa shape index (κ1) is 23.3. The van der Waals surface area contributed by atoms with Crippen LogP contribution < -0.4 is 10.2 Å². The van der Waals surface area contributed by atoms with E-state index in [4.69, 9.17) is 24.7 Å². The summed E-state index contributed by atoms with van der Waals surface area (Å²) in [5.74, 6) is 3.48. The number of para-hydroxylation sites is 2. The van der Waals surface area contributed by atoms with Gasteiger partial charge in [0.2, 0.25) is 5.95 Å². The normalized spacial score (nSPS) is 18.9. The molecular weight excluding hydrogens is 454 g/mol. The second-order valence-electron chi connectivity index (χ2n) is 10.4. The lowest BCUT2D eigenvalue weighted by atomic mass is 10.0. The Morgan fingerprint density at radius 3 is 2.58 bits per heavy atom. The maximum Gasteiger partial charge on any atom is 0.239 e. The highest BCUT2D eigenvalue weighted by molar-refractivity contribution is 5.86. The van der Waals surface area contributed by atoms with Crippen LogP contribution in [0.25, 0.3) is 28.1 Å². The van der Waals surface area contributed by atoms with Crippen molar-refractivity contribution in [3.05, 3.63) is 35.9 Å². The summed E-state index contributed by atoms with van der Waals surface area (Å²) >= 11 is 0. The van der Waals surface area contributed by atoms with Crippen molar-refractivity contribution in [2.45, 2.75) is 39.3 Å². The number of hydrogen-bond acceptors (Lipinski definition) is 8. The molecule has 2 aliphatic rings. The fraction of sp³-hybridized carbons (Fsp3) is 0.538. The summed E-state index contributed by atoms with van der Waals surface area (Å²) < 4.78 is 9.88. The molecule has 0 spiro atoms. The maximum absolute atomic E-state index is 5.64. The largest absolute Gasteiger partial charge is 0.378 e. The van der Waals surface area contributed by atoms with Crippen LogP contribution in [0.4, 0.5) is 5.82 Å². The number of fused-ring (bicyclic) bond motifs is 2. The molecule has 0 saturated carbocycles. The number of aryl methyl sites for hydroxylation is 2. The van der Waals surface area contributed by atoms with E-state index in [1.807, 2.05) is 18.2 Å². The van der Waals surface area contributed by atoms with Gasteiger partial charge in [0.15, 0.2) is 17.0 Å². The van der Waals surface area contributed by atoms with Gasteiger partial charge in [0.1, 0.15) is 11.6 Å². The Bertz CT molecular complexity index is 1400. The Morgan fingerprint density at radius 1 is 1.00 bits per heavy atom. The number of nitrogens with one attached hydrogen (secondary N) is 1. The van der Waals surface area contributed by atoms with E-state index in [9.17, 15) is 0 Å². The van der Waals surface area contributed by atoms with Crippen LogP contribution in [0.3, 0.4) is 0 Å². The highest BCUT2D eigenvalue weighted by atomic mass is 16.5. The van der Waals surface area contributed by atoms with Gasteiger partial charge in [-0.3, -0.25) is 9.47 Å². The van der Waals surface area contributed by atoms with E-state index in [1.165, 1.54) is 0 Å². The van der Waals surface area contributed by atoms with Gasteiger partial charge in [-0.2, -0.15) is 9.97 Å². The van der Waals surface area contributed by atoms with Crippen molar-refractivity contribution in [1.82, 2.24) is 39.3 Å². The predicted octanol–water partition coefficient (Wildman–Crippen LogP) is 2.29. The van der Waals surface area contributed by atoms with Gasteiger partial charge in [-0.15, -0.1) is 0 Å². The van der Waals surface area contributed by atoms with Gasteiger partial charge in [-0.1, -0.05) is 19.1 Å². The topological polar surface area (TPSA) is 89.2 Å². The van der Waals surface area contributed by atoms with Crippen LogP contribution >= 0.6 is 0 Å². The second kappa shape index (κ2) is 9.10. The summed E-state index contributed by atoms with van der Waals surface area (Å²) in [5, 5.41) is 3.60. The molecule has 190 valence electrons. The van der Waals surface area contributed by atoms with E-state index in [-0.39, 0.29) is 5.54 Å². The molecule has 2 saturated heterocycles. The molecule has 1 aromatic carbocycles. The maximum atomic E-state index is 5.64. The molecule has 0 bridgehead atoms. The summed E-state index contributed by atoms with van der Waals surface area (Å²) in [5.41, 5.74) is 3.78. The molecule has 10 heteroatoms. The van der Waals surface area contributed by atoms with Crippen molar-refractivity contribution in [1.29, 1.82) is 0 Å². The molecule has 0 amide bonds. The highest BCUT2D eigenvalue weighted by Crippen LogP contribution is 2.29. The summed E-state index contributed by atoms with van der Waals surface area (Å²) in [4.78, 5) is 25.0. The van der Waals surface area contributed by atoms with Crippen LogP contribution in [-0.2, 0) is 24.8 Å². The zero-order chi connectivity index (χ0) is 24.9. The first-order valence-corrected chi connectivity index (χ1v) is 12.9. The SMILES string of the molecule is CCc1nc2ccccc2n1-c1nc(N2CCOCC2)c2nc(CN3CCNC(C)(C)C3)n(C)c2n1. The summed E-state index contributed by atoms with van der Waals surface area (Å²) in [6.07, 6.45) is 0.790. The van der Waals surface area contributed by atoms with E-state index < -0.39 is 0 Å². The standard InChI is InChI=1S/C26H35N9O/c1-5-20-28-18-8-6-7-9-19(18)35(20)25-30-23-22(24(31-25)34-12-14-36-15-13-34)29-21(32(23)4)16-33-11-10-27-26(2,3)17-33/h6-9,27H,5,10-17H2,1-4H3. The molecule has 0 aliphatic carbocycles. The zero-order valence-electron chi connectivity index (χ0n) is 21.7. The van der Waals surface area contributed by atoms with Gasteiger partial charge in [0.05, 0.1) is 30.8 Å². The molecule has 36 heavy (non-hydrogen) atoms. The molecule has 6 rings (SSSR count). The smallest absolute Gasteiger partial charge is 0.239 e. The third-order valence-corrected chi connectivity index (χ3v) is 7.25. The minimum atomic E-state index is 0.0911. The van der Waals surface area contributed by atoms with E-state index >= 15 is 0 Å². The van der Waals surface area contributed by atoms with Crippen molar-refractivity contribution >= 4 is 28.0 Å². The van der Waals surface area contributed by atoms with Gasteiger partial charge in [0.25, 0.3) is 0 Å². The van der Waals surface area contributed by atoms with Crippen LogP contribution in [0, 0.1) is 0 Å². The number of hydrogen-bond donors (Lipinski definition) is 1. The monoisotopic (exact) mass is 489 g/mol. The fourth-order valence-electron chi connectivity index (χ4n) is 5.44. The number of anilines is 1. The molecule has 2 aliphatic heterocycles. The number of ether oxygens (including phenoxy) is 1. The number of morpholine rings is 1. The van der Waals surface area contributed by atoms with E-state index in [2.05, 4.69) is 58.1 Å². The van der Waals surface area contributed by atoms with Crippen molar-refractivity contribution < 1.29 is 4.74 Å². The van der Waals surface area contributed by atoms with Gasteiger partial charge in [0, 0.05) is 51.7 Å². The Labute approximate surface area is 211 Å². The van der Waals surface area contributed by atoms with Gasteiger partial charge >= 0.3 is 0 Å². The zero-order valence-corrected chi connectivity index (χ0v) is 21.7. The number of nitrogens with zero attached hydrogens (tertiary/aromatic N) is 8. The van der Waals surface area contributed by atoms with Crippen LogP contribution in [0.1, 0.15) is 32.4 Å². The van der Waals surface area contributed by atoms with Gasteiger partial charge in [-0.25, -0.2) is 9.97 Å². The van der Waals surface area contributed by atoms with E-state index in [0.29, 0.717) is 19.2 Å². The number of benzene rings is 1. The fourth-order valence-corrected chi connectivity index (χ4v) is 5.44. The van der Waals surface area contributed by atoms with E-state index in [0.717, 1.165) is 85.4 Å². The van der Waals surface area contributed by atoms with Crippen LogP contribution in [-0.4, -0.2) is 85.4 Å². The van der Waals surface area contributed by atoms with Gasteiger partial charge in [-0.05, 0) is 26.0 Å². The second-order valence-corrected chi connectivity index (χ2v) is 10.4. The van der Waals surface area contributed by atoms with Crippen LogP contribution in [0.15, 0.2) is 24.3 Å². The average Bonchev–Trinajstić information content (AvgIpc) is 3.41. The minimum Gasteiger partial charge on any atom is -0.378 e. The molecule has 0 unspecified atom stereocenters. The molecular formula is C26H35N9O. The Hall–Kier alpha value is -3.08. The molecule has 1 N–H and O–H groups in total. The molecule has 4 aromatic rings. The number of piperazine rings is 1. The predicted molar refractivity (Wildman–Crippen MR) is 141 cm³/mol. The lowest BCUT2D eigenvalue weighted by Crippen LogP contribution is -2.56. The number of aromatic nitrogens is 6. The summed E-state index contributed by atoms with van der Waals surface area (Å²) in [6.45, 7) is 13.3. The van der Waals surface area contributed by atoms with Crippen LogP contribution in [0.5, 0.6) is 0 Å². The Morgan fingerprint density at radius 2 is 1.81 bits per heavy atom. The quantitative estimate of drug-likeness (QED) is 0.457. The average molecular weight is 490 g/mol. The molecule has 2 fully saturated rings. The van der Waals surface area contributed by atoms with Crippen molar-refractivity contribution in [2.75, 3.05) is 50.8 Å². The molecule has 0 atom stereocenters. The lowest BCUT2D eigenvalue weighted by molar-refractivity contribution is 0.122. The Kier molecular flexibility index (Phi) is 5.89. The Balaban J connectivity index is 1.50. The third-order valence-electron chi connectivity index (χ3n) is 7.25. The van der Waals surface area contributed by atoms with Crippen molar-refractivity contribution in [2.24, 2.45) is 7.05 Å². The van der Waals surface area contributed by atoms with E-state index in [1.54, 1.807) is 0 Å². The van der Waals surface area contributed by atoms with Gasteiger partial charge < -0.3 is 19.5 Å². The summed E-state index contributed by atoms with van der Waals surface area (Å²) in [7, 11) is 2.07. The molecule has 5 heterocycles. The highest BCUT2D eigenvalue weighted by Gasteiger charge is 2.28. The number of imidazole rings is 2. The molecule has 10 nitrogen and oxygen atoms in total. The lowest BCUT2D eigenvalue weighted by Gasteiger charge is -2.38. The van der Waals surface area contributed by atoms with Crippen molar-refractivity contribution in [3.8, 4) is 5.95 Å². The molecule has 0 radical (unpaired) electrons. The first-order valence-electron chi connectivity index (χ1n) is 12.9. The third kappa shape index (κ3) is 4.12. The molecule has 3 aromatic heterocycles. The first-order chi connectivity index (χ1) is 17.4. The minimum absolute atomic E-state index is 0.0911. The van der Waals surface area contributed by atoms with Crippen molar-refractivity contribution in [3.63, 3.8) is 0 Å². The summed E-state index contributed by atoms with van der Waals surface area (Å²) in [6, 6.07) is 8.19.